The van der Waals surface area contributed by atoms with E-state index in [0.29, 0.717) is 12.3 Å². The van der Waals surface area contributed by atoms with Gasteiger partial charge >= 0.3 is 5.97 Å². The zero-order valence-corrected chi connectivity index (χ0v) is 17.6. The highest BCUT2D eigenvalue weighted by Crippen LogP contribution is 2.46. The molecule has 1 aromatic carbocycles. The van der Waals surface area contributed by atoms with Crippen molar-refractivity contribution in [2.45, 2.75) is 57.8 Å². The lowest BCUT2D eigenvalue weighted by atomic mass is 9.86. The number of anilines is 1. The molecule has 5 atom stereocenters. The van der Waals surface area contributed by atoms with E-state index in [1.54, 1.807) is 5.38 Å². The molecule has 0 radical (unpaired) electrons. The maximum Gasteiger partial charge on any atom is 0.355 e. The summed E-state index contributed by atoms with van der Waals surface area (Å²) in [5.74, 6) is -0.549. The van der Waals surface area contributed by atoms with Gasteiger partial charge in [0.15, 0.2) is 5.69 Å². The molecule has 1 aromatic heterocycles. The van der Waals surface area contributed by atoms with Gasteiger partial charge in [0.1, 0.15) is 11.1 Å². The van der Waals surface area contributed by atoms with E-state index in [4.69, 9.17) is 9.84 Å². The van der Waals surface area contributed by atoms with Crippen LogP contribution in [0, 0.1) is 18.8 Å². The van der Waals surface area contributed by atoms with Gasteiger partial charge in [-0.2, -0.15) is 0 Å². The molecule has 29 heavy (non-hydrogen) atoms. The second kappa shape index (κ2) is 8.42. The van der Waals surface area contributed by atoms with E-state index in [1.165, 1.54) is 22.5 Å². The number of aromatic carboxylic acids is 1. The van der Waals surface area contributed by atoms with Gasteiger partial charge in [0.2, 0.25) is 0 Å². The van der Waals surface area contributed by atoms with Crippen LogP contribution in [0.4, 0.5) is 5.69 Å². The molecule has 0 unspecified atom stereocenters. The van der Waals surface area contributed by atoms with Gasteiger partial charge in [-0.15, -0.1) is 11.3 Å². The number of carboxylic acid groups (broad SMARTS) is 1. The average Bonchev–Trinajstić information content (AvgIpc) is 3.30. The highest BCUT2D eigenvalue weighted by molar-refractivity contribution is 7.09. The number of hydrogen-bond donors (Lipinski definition) is 3. The number of aryl methyl sites for hydroxylation is 2. The van der Waals surface area contributed by atoms with E-state index < -0.39 is 12.1 Å². The molecular formula is C22H28N2O4S. The Kier molecular flexibility index (Phi) is 5.90. The van der Waals surface area contributed by atoms with E-state index in [1.807, 2.05) is 0 Å². The predicted octanol–water partition coefficient (Wildman–Crippen LogP) is 4.04. The van der Waals surface area contributed by atoms with Gasteiger partial charge in [-0.3, -0.25) is 0 Å². The standard InChI is InChI=1S/C22H28N2O4S/c1-3-13-4-5-14(8-12(13)2)23-10-16-15-6-7-19(28-20(15)9-18(16)25)21-24-17(11-29-21)22(26)27/h4-5,8,11,15-16,18-20,23,25H,3,6-7,9-10H2,1-2H3,(H,26,27)/t15-,16-,18+,19-,20+/m1/s1. The Balaban J connectivity index is 1.38. The number of nitrogens with one attached hydrogen (secondary N) is 1. The molecule has 2 heterocycles. The lowest BCUT2D eigenvalue weighted by molar-refractivity contribution is -0.0783. The highest BCUT2D eigenvalue weighted by Gasteiger charge is 2.46. The van der Waals surface area contributed by atoms with Gasteiger partial charge in [-0.05, 0) is 55.4 Å². The summed E-state index contributed by atoms with van der Waals surface area (Å²) in [4.78, 5) is 15.3. The Bertz CT molecular complexity index is 883. The molecule has 0 bridgehead atoms. The van der Waals surface area contributed by atoms with Crippen molar-refractivity contribution in [3.8, 4) is 0 Å². The van der Waals surface area contributed by atoms with Gasteiger partial charge in [-0.1, -0.05) is 13.0 Å². The minimum atomic E-state index is -1.01. The fraction of sp³-hybridized carbons (Fsp3) is 0.545. The summed E-state index contributed by atoms with van der Waals surface area (Å²) in [5.41, 5.74) is 3.81. The monoisotopic (exact) mass is 416 g/mol. The van der Waals surface area contributed by atoms with Crippen LogP contribution in [0.5, 0.6) is 0 Å². The molecule has 0 amide bonds. The second-order valence-corrected chi connectivity index (χ2v) is 9.01. The van der Waals surface area contributed by atoms with Crippen molar-refractivity contribution < 1.29 is 19.7 Å². The normalized spacial score (nSPS) is 28.9. The Labute approximate surface area is 174 Å². The zero-order chi connectivity index (χ0) is 20.5. The number of rotatable bonds is 6. The number of fused-ring (bicyclic) bond motifs is 1. The van der Waals surface area contributed by atoms with E-state index >= 15 is 0 Å². The van der Waals surface area contributed by atoms with Crippen LogP contribution in [-0.4, -0.2) is 39.9 Å². The van der Waals surface area contributed by atoms with Crippen molar-refractivity contribution in [3.63, 3.8) is 0 Å². The Morgan fingerprint density at radius 2 is 2.21 bits per heavy atom. The number of benzene rings is 1. The third kappa shape index (κ3) is 4.17. The minimum absolute atomic E-state index is 0.00284. The predicted molar refractivity (Wildman–Crippen MR) is 113 cm³/mol. The van der Waals surface area contributed by atoms with Crippen molar-refractivity contribution >= 4 is 23.0 Å². The number of aliphatic hydroxyl groups is 1. The highest BCUT2D eigenvalue weighted by atomic mass is 32.1. The molecule has 156 valence electrons. The third-order valence-electron chi connectivity index (χ3n) is 6.38. The SMILES string of the molecule is CCc1ccc(NC[C@@H]2[C@H]3CC[C@H](c4nc(C(=O)O)cs4)O[C@H]3C[C@@H]2O)cc1C. The van der Waals surface area contributed by atoms with Crippen molar-refractivity contribution in [2.24, 2.45) is 11.8 Å². The summed E-state index contributed by atoms with van der Waals surface area (Å²) in [6, 6.07) is 6.45. The van der Waals surface area contributed by atoms with Crippen LogP contribution in [0.3, 0.4) is 0 Å². The van der Waals surface area contributed by atoms with E-state index in [9.17, 15) is 9.90 Å². The first kappa shape index (κ1) is 20.3. The van der Waals surface area contributed by atoms with Crippen LogP contribution in [-0.2, 0) is 11.2 Å². The summed E-state index contributed by atoms with van der Waals surface area (Å²) >= 11 is 1.34. The van der Waals surface area contributed by atoms with Crippen molar-refractivity contribution in [2.75, 3.05) is 11.9 Å². The topological polar surface area (TPSA) is 91.7 Å². The summed E-state index contributed by atoms with van der Waals surface area (Å²) in [6.07, 6.45) is 2.85. The molecule has 2 fully saturated rings. The van der Waals surface area contributed by atoms with Crippen LogP contribution >= 0.6 is 11.3 Å². The van der Waals surface area contributed by atoms with Crippen molar-refractivity contribution in [1.82, 2.24) is 4.98 Å². The maximum atomic E-state index is 11.1. The number of aromatic nitrogens is 1. The summed E-state index contributed by atoms with van der Waals surface area (Å²) in [6.45, 7) is 5.02. The molecule has 6 nitrogen and oxygen atoms in total. The fourth-order valence-corrected chi connectivity index (χ4v) is 5.63. The maximum absolute atomic E-state index is 11.1. The molecule has 4 rings (SSSR count). The Morgan fingerprint density at radius 1 is 1.38 bits per heavy atom. The molecule has 3 N–H and O–H groups in total. The van der Waals surface area contributed by atoms with Gasteiger partial charge in [-0.25, -0.2) is 9.78 Å². The average molecular weight is 417 g/mol. The number of thiazole rings is 1. The zero-order valence-electron chi connectivity index (χ0n) is 16.8. The first-order valence-electron chi connectivity index (χ1n) is 10.3. The summed E-state index contributed by atoms with van der Waals surface area (Å²) in [5, 5.41) is 25.5. The lowest BCUT2D eigenvalue weighted by Crippen LogP contribution is -2.33. The van der Waals surface area contributed by atoms with Gasteiger partial charge in [0.25, 0.3) is 0 Å². The lowest BCUT2D eigenvalue weighted by Gasteiger charge is -2.34. The fourth-order valence-electron chi connectivity index (χ4n) is 4.77. The molecule has 1 saturated carbocycles. The summed E-state index contributed by atoms with van der Waals surface area (Å²) < 4.78 is 6.26. The summed E-state index contributed by atoms with van der Waals surface area (Å²) in [7, 11) is 0. The van der Waals surface area contributed by atoms with Crippen LogP contribution in [0.15, 0.2) is 23.6 Å². The quantitative estimate of drug-likeness (QED) is 0.658. The van der Waals surface area contributed by atoms with Crippen molar-refractivity contribution in [3.05, 3.63) is 45.4 Å². The van der Waals surface area contributed by atoms with E-state index in [2.05, 4.69) is 42.3 Å². The number of aliphatic hydroxyl groups excluding tert-OH is 1. The molecule has 2 aromatic rings. The number of carbonyl (C=O) groups is 1. The number of carboxylic acids is 1. The van der Waals surface area contributed by atoms with Crippen LogP contribution in [0.2, 0.25) is 0 Å². The Morgan fingerprint density at radius 3 is 2.90 bits per heavy atom. The molecule has 7 heteroatoms. The molecule has 1 saturated heterocycles. The third-order valence-corrected chi connectivity index (χ3v) is 7.32. The first-order chi connectivity index (χ1) is 14.0. The van der Waals surface area contributed by atoms with E-state index in [-0.39, 0.29) is 23.8 Å². The van der Waals surface area contributed by atoms with Gasteiger partial charge in [0, 0.05) is 30.0 Å². The first-order valence-corrected chi connectivity index (χ1v) is 11.2. The molecule has 1 aliphatic heterocycles. The molecule has 1 aliphatic carbocycles. The number of hydrogen-bond acceptors (Lipinski definition) is 6. The van der Waals surface area contributed by atoms with Crippen LogP contribution in [0.25, 0.3) is 0 Å². The van der Waals surface area contributed by atoms with Crippen molar-refractivity contribution in [1.29, 1.82) is 0 Å². The second-order valence-electron chi connectivity index (χ2n) is 8.12. The van der Waals surface area contributed by atoms with E-state index in [0.717, 1.165) is 36.5 Å². The smallest absolute Gasteiger partial charge is 0.355 e. The molecule has 0 spiro atoms. The van der Waals surface area contributed by atoms with Crippen LogP contribution < -0.4 is 5.32 Å². The van der Waals surface area contributed by atoms with Gasteiger partial charge < -0.3 is 20.3 Å². The Hall–Kier alpha value is -1.96. The molecule has 2 aliphatic rings. The van der Waals surface area contributed by atoms with Gasteiger partial charge in [0.05, 0.1) is 12.2 Å². The van der Waals surface area contributed by atoms with Crippen LogP contribution in [0.1, 0.15) is 58.9 Å². The number of nitrogens with zero attached hydrogens (tertiary/aromatic N) is 1. The number of ether oxygens (including phenoxy) is 1. The molecular weight excluding hydrogens is 388 g/mol. The minimum Gasteiger partial charge on any atom is -0.476 e. The largest absolute Gasteiger partial charge is 0.476 e.